The molecule has 0 amide bonds. The van der Waals surface area contributed by atoms with E-state index < -0.39 is 0 Å². The molecule has 3 heteroatoms. The lowest BCUT2D eigenvalue weighted by Gasteiger charge is -2.45. The van der Waals surface area contributed by atoms with Crippen molar-refractivity contribution in [2.24, 2.45) is 5.92 Å². The van der Waals surface area contributed by atoms with Crippen LogP contribution in [0.1, 0.15) is 61.6 Å². The Kier molecular flexibility index (Phi) is 6.21. The lowest BCUT2D eigenvalue weighted by molar-refractivity contribution is 0.347. The molecular formula is C45H38NO2-. The zero-order chi connectivity index (χ0) is 32.0. The van der Waals surface area contributed by atoms with Crippen molar-refractivity contribution in [2.75, 3.05) is 0 Å². The molecule has 6 aromatic rings. The van der Waals surface area contributed by atoms with Crippen molar-refractivity contribution in [3.05, 3.63) is 166 Å². The highest BCUT2D eigenvalue weighted by molar-refractivity contribution is 6.09. The van der Waals surface area contributed by atoms with Gasteiger partial charge in [-0.1, -0.05) is 141 Å². The Morgan fingerprint density at radius 1 is 0.708 bits per heavy atom. The smallest absolute Gasteiger partial charge is 0.143 e. The number of hydrogen-bond donors (Lipinski definition) is 0. The largest absolute Gasteiger partial charge is 0.652 e. The van der Waals surface area contributed by atoms with Gasteiger partial charge in [-0.25, -0.2) is 0 Å². The second-order valence-corrected chi connectivity index (χ2v) is 14.7. The molecule has 2 fully saturated rings. The predicted octanol–water partition coefficient (Wildman–Crippen LogP) is 11.6. The first-order valence-electron chi connectivity index (χ1n) is 17.5. The third kappa shape index (κ3) is 4.30. The van der Waals surface area contributed by atoms with Crippen LogP contribution in [0, 0.1) is 5.92 Å². The van der Waals surface area contributed by atoms with Crippen molar-refractivity contribution >= 4 is 21.9 Å². The molecule has 3 nitrogen and oxygen atoms in total. The molecular weight excluding hydrogens is 587 g/mol. The average molecular weight is 625 g/mol. The van der Waals surface area contributed by atoms with Crippen LogP contribution in [0.15, 0.2) is 149 Å². The number of allylic oxidation sites excluding steroid dienone is 3. The summed E-state index contributed by atoms with van der Waals surface area (Å²) in [6, 6.07) is 44.4. The Balaban J connectivity index is 0.969. The number of fused-ring (bicyclic) bond motifs is 5. The van der Waals surface area contributed by atoms with Crippen LogP contribution in [0.5, 0.6) is 5.75 Å². The summed E-state index contributed by atoms with van der Waals surface area (Å²) >= 11 is 0. The van der Waals surface area contributed by atoms with E-state index in [9.17, 15) is 0 Å². The van der Waals surface area contributed by atoms with Crippen LogP contribution in [0.3, 0.4) is 0 Å². The van der Waals surface area contributed by atoms with Crippen LogP contribution in [0.2, 0.25) is 0 Å². The van der Waals surface area contributed by atoms with Gasteiger partial charge in [0.05, 0.1) is 0 Å². The van der Waals surface area contributed by atoms with E-state index in [1.807, 2.05) is 6.07 Å². The van der Waals surface area contributed by atoms with Gasteiger partial charge in [0.2, 0.25) is 0 Å². The van der Waals surface area contributed by atoms with Gasteiger partial charge in [-0.15, -0.1) is 12.1 Å². The standard InChI is InChI=1S/C45H38NO2/c1-45(2)35-16-7-9-18-39(35)47-40-24-23-30(25-36(40)45)37-26-34(27-11-4-3-5-12-27)42-41(43(42)46-37)29-21-19-28(20-22-29)31-14-10-15-33-32-13-6-8-17-38(32)48-44(31)33/h3-22,25,34,37,41-43H,23-24,26H2,1-2H3/q-1. The van der Waals surface area contributed by atoms with Crippen LogP contribution in [-0.4, -0.2) is 12.1 Å². The van der Waals surface area contributed by atoms with Crippen molar-refractivity contribution in [3.63, 3.8) is 0 Å². The van der Waals surface area contributed by atoms with Gasteiger partial charge in [0.1, 0.15) is 22.7 Å². The predicted molar refractivity (Wildman–Crippen MR) is 195 cm³/mol. The number of benzene rings is 5. The molecule has 0 bridgehead atoms. The Bertz CT molecular complexity index is 2270. The number of para-hydroxylation sites is 3. The van der Waals surface area contributed by atoms with Gasteiger partial charge >= 0.3 is 0 Å². The molecule has 10 rings (SSSR count). The molecule has 5 aromatic carbocycles. The van der Waals surface area contributed by atoms with Crippen LogP contribution < -0.4 is 4.74 Å². The van der Waals surface area contributed by atoms with E-state index in [4.69, 9.17) is 14.5 Å². The van der Waals surface area contributed by atoms with Gasteiger partial charge < -0.3 is 14.5 Å². The van der Waals surface area contributed by atoms with Crippen LogP contribution in [0.4, 0.5) is 0 Å². The third-order valence-corrected chi connectivity index (χ3v) is 11.7. The zero-order valence-electron chi connectivity index (χ0n) is 27.4. The van der Waals surface area contributed by atoms with E-state index in [1.54, 1.807) is 0 Å². The maximum absolute atomic E-state index is 6.48. The van der Waals surface area contributed by atoms with Crippen molar-refractivity contribution in [1.29, 1.82) is 0 Å². The molecule has 48 heavy (non-hydrogen) atoms. The van der Waals surface area contributed by atoms with Gasteiger partial charge in [-0.2, -0.15) is 0 Å². The van der Waals surface area contributed by atoms with Crippen LogP contribution in [0.25, 0.3) is 38.4 Å². The first-order valence-corrected chi connectivity index (χ1v) is 17.5. The Hall–Kier alpha value is -4.86. The van der Waals surface area contributed by atoms with Crippen molar-refractivity contribution in [1.82, 2.24) is 0 Å². The van der Waals surface area contributed by atoms with E-state index in [0.717, 1.165) is 47.5 Å². The third-order valence-electron chi connectivity index (χ3n) is 11.7. The highest BCUT2D eigenvalue weighted by atomic mass is 16.5. The fraction of sp³-hybridized carbons (Fsp3) is 0.244. The normalized spacial score (nSPS) is 25.5. The first-order chi connectivity index (χ1) is 23.5. The molecule has 5 unspecified atom stereocenters. The summed E-state index contributed by atoms with van der Waals surface area (Å²) in [5.74, 6) is 3.61. The Morgan fingerprint density at radius 2 is 1.48 bits per heavy atom. The summed E-state index contributed by atoms with van der Waals surface area (Å²) in [6.45, 7) is 4.69. The quantitative estimate of drug-likeness (QED) is 0.196. The van der Waals surface area contributed by atoms with E-state index in [2.05, 4.69) is 135 Å². The lowest BCUT2D eigenvalue weighted by Crippen LogP contribution is -2.31. The van der Waals surface area contributed by atoms with Gasteiger partial charge in [0, 0.05) is 39.3 Å². The fourth-order valence-corrected chi connectivity index (χ4v) is 9.23. The molecule has 3 heterocycles. The number of piperidine rings is 1. The summed E-state index contributed by atoms with van der Waals surface area (Å²) in [4.78, 5) is 0. The van der Waals surface area contributed by atoms with Gasteiger partial charge in [0.15, 0.2) is 0 Å². The minimum Gasteiger partial charge on any atom is -0.652 e. The number of furan rings is 1. The maximum atomic E-state index is 6.48. The summed E-state index contributed by atoms with van der Waals surface area (Å²) in [5, 5.41) is 7.98. The maximum Gasteiger partial charge on any atom is 0.143 e. The minimum absolute atomic E-state index is 0.0948. The molecule has 2 aliphatic heterocycles. The van der Waals surface area contributed by atoms with Crippen molar-refractivity contribution in [3.8, 4) is 16.9 Å². The van der Waals surface area contributed by atoms with E-state index in [0.29, 0.717) is 23.8 Å². The van der Waals surface area contributed by atoms with Crippen molar-refractivity contribution < 1.29 is 9.15 Å². The monoisotopic (exact) mass is 624 g/mol. The van der Waals surface area contributed by atoms with E-state index >= 15 is 0 Å². The molecule has 4 aliphatic rings. The molecule has 5 atom stereocenters. The van der Waals surface area contributed by atoms with Gasteiger partial charge in [-0.05, 0) is 53.0 Å². The highest BCUT2D eigenvalue weighted by Gasteiger charge is 2.52. The molecule has 0 spiro atoms. The Morgan fingerprint density at radius 3 is 2.35 bits per heavy atom. The first kappa shape index (κ1) is 28.2. The molecule has 1 saturated carbocycles. The lowest BCUT2D eigenvalue weighted by atomic mass is 9.71. The second kappa shape index (κ2) is 10.6. The number of ether oxygens (including phenoxy) is 1. The molecule has 0 N–H and O–H groups in total. The molecule has 1 saturated heterocycles. The molecule has 236 valence electrons. The van der Waals surface area contributed by atoms with Gasteiger partial charge in [-0.3, -0.25) is 0 Å². The summed E-state index contributed by atoms with van der Waals surface area (Å²) in [6.07, 6.45) is 5.49. The molecule has 1 aromatic heterocycles. The summed E-state index contributed by atoms with van der Waals surface area (Å²) < 4.78 is 12.9. The fourth-order valence-electron chi connectivity index (χ4n) is 9.23. The summed E-state index contributed by atoms with van der Waals surface area (Å²) in [5.41, 5.74) is 11.1. The second-order valence-electron chi connectivity index (χ2n) is 14.7. The zero-order valence-corrected chi connectivity index (χ0v) is 27.4. The molecule has 2 aliphatic carbocycles. The van der Waals surface area contributed by atoms with Gasteiger partial charge in [0.25, 0.3) is 0 Å². The number of nitrogens with zero attached hydrogens (tertiary/aromatic N) is 1. The van der Waals surface area contributed by atoms with Crippen LogP contribution >= 0.6 is 0 Å². The minimum atomic E-state index is -0.0948. The molecule has 0 radical (unpaired) electrons. The SMILES string of the molecule is CC1(C)C2=C(CCC(C3CC(c4ccccc4)C4C([N-]3)C4c3ccc(-c4cccc5c4oc4ccccc45)cc3)=C2)Oc2ccccc21. The average Bonchev–Trinajstić information content (AvgIpc) is 3.74. The summed E-state index contributed by atoms with van der Waals surface area (Å²) in [7, 11) is 0. The Labute approximate surface area is 281 Å². The van der Waals surface area contributed by atoms with E-state index in [-0.39, 0.29) is 11.5 Å². The number of rotatable bonds is 4. The highest BCUT2D eigenvalue weighted by Crippen LogP contribution is 2.65. The topological polar surface area (TPSA) is 36.5 Å². The number of hydrogen-bond acceptors (Lipinski definition) is 2. The van der Waals surface area contributed by atoms with Crippen LogP contribution in [-0.2, 0) is 5.41 Å². The van der Waals surface area contributed by atoms with Crippen molar-refractivity contribution in [2.45, 2.75) is 62.4 Å². The van der Waals surface area contributed by atoms with E-state index in [1.165, 1.54) is 44.2 Å².